The van der Waals surface area contributed by atoms with Crippen LogP contribution in [-0.4, -0.2) is 12.8 Å². The Hall–Kier alpha value is -1.11. The Balaban J connectivity index is 2.28. The number of aliphatic imine (C=N–C) groups is 1. The van der Waals surface area contributed by atoms with E-state index in [9.17, 15) is 0 Å². The molecule has 1 aromatic rings. The molecule has 86 valence electrons. The Bertz CT molecular complexity index is 366. The molecule has 1 aromatic carbocycles. The van der Waals surface area contributed by atoms with Crippen molar-refractivity contribution in [2.24, 2.45) is 4.99 Å². The van der Waals surface area contributed by atoms with Crippen LogP contribution in [0.1, 0.15) is 43.7 Å². The van der Waals surface area contributed by atoms with Crippen LogP contribution < -0.4 is 0 Å². The number of benzene rings is 1. The van der Waals surface area contributed by atoms with Crippen molar-refractivity contribution in [3.05, 3.63) is 35.4 Å². The van der Waals surface area contributed by atoms with Gasteiger partial charge in [0.15, 0.2) is 0 Å². The lowest BCUT2D eigenvalue weighted by Gasteiger charge is -2.28. The van der Waals surface area contributed by atoms with Crippen LogP contribution in [0.4, 0.5) is 0 Å². The van der Waals surface area contributed by atoms with Gasteiger partial charge in [0.2, 0.25) is 0 Å². The van der Waals surface area contributed by atoms with Crippen molar-refractivity contribution in [2.75, 3.05) is 0 Å². The summed E-state index contributed by atoms with van der Waals surface area (Å²) >= 11 is 0. The van der Waals surface area contributed by atoms with Crippen molar-refractivity contribution in [3.63, 3.8) is 0 Å². The Kier molecular flexibility index (Phi) is 3.13. The molecule has 0 heterocycles. The maximum Gasteiger partial charge on any atom is 0.0501 e. The fourth-order valence-corrected chi connectivity index (χ4v) is 2.95. The predicted molar refractivity (Wildman–Crippen MR) is 70.3 cm³/mol. The Morgan fingerprint density at radius 3 is 2.56 bits per heavy atom. The zero-order chi connectivity index (χ0) is 11.6. The van der Waals surface area contributed by atoms with Crippen LogP contribution in [0.25, 0.3) is 0 Å². The molecule has 1 saturated carbocycles. The summed E-state index contributed by atoms with van der Waals surface area (Å²) in [6.45, 7) is 8.14. The summed E-state index contributed by atoms with van der Waals surface area (Å²) in [6, 6.07) is 9.51. The van der Waals surface area contributed by atoms with Gasteiger partial charge in [-0.25, -0.2) is 0 Å². The van der Waals surface area contributed by atoms with E-state index in [2.05, 4.69) is 49.8 Å². The molecule has 2 unspecified atom stereocenters. The number of nitrogens with zero attached hydrogens (tertiary/aromatic N) is 1. The van der Waals surface area contributed by atoms with Crippen LogP contribution in [0, 0.1) is 6.92 Å². The van der Waals surface area contributed by atoms with Gasteiger partial charge >= 0.3 is 0 Å². The van der Waals surface area contributed by atoms with E-state index in [-0.39, 0.29) is 0 Å². The first kappa shape index (κ1) is 11.4. The topological polar surface area (TPSA) is 12.4 Å². The smallest absolute Gasteiger partial charge is 0.0501 e. The second-order valence-corrected chi connectivity index (χ2v) is 5.08. The first-order valence-electron chi connectivity index (χ1n) is 6.23. The van der Waals surface area contributed by atoms with Gasteiger partial charge in [0.05, 0.1) is 6.04 Å². The molecule has 1 aliphatic carbocycles. The van der Waals surface area contributed by atoms with E-state index in [0.29, 0.717) is 11.5 Å². The van der Waals surface area contributed by atoms with Gasteiger partial charge in [-0.1, -0.05) is 36.8 Å². The van der Waals surface area contributed by atoms with Crippen LogP contribution in [0.2, 0.25) is 0 Å². The SMILES string of the molecule is C=NC1CCC(CC)(c2ccc(C)cc2)C1. The standard InChI is InChI=1S/C15H21N/c1-4-15(10-9-14(11-15)16-3)13-7-5-12(2)6-8-13/h5-8,14H,3-4,9-11H2,1-2H3. The van der Waals surface area contributed by atoms with Gasteiger partial charge in [-0.15, -0.1) is 0 Å². The summed E-state index contributed by atoms with van der Waals surface area (Å²) in [5, 5.41) is 0. The first-order chi connectivity index (χ1) is 7.70. The molecule has 1 fully saturated rings. The summed E-state index contributed by atoms with van der Waals surface area (Å²) in [5.41, 5.74) is 3.19. The molecule has 0 aliphatic heterocycles. The molecule has 0 amide bonds. The molecule has 2 rings (SSSR count). The van der Waals surface area contributed by atoms with E-state index in [1.807, 2.05) is 0 Å². The van der Waals surface area contributed by atoms with E-state index in [4.69, 9.17) is 0 Å². The molecule has 1 nitrogen and oxygen atoms in total. The lowest BCUT2D eigenvalue weighted by atomic mass is 9.76. The number of aryl methyl sites for hydroxylation is 1. The molecule has 0 bridgehead atoms. The number of hydrogen-bond donors (Lipinski definition) is 0. The Morgan fingerprint density at radius 1 is 1.38 bits per heavy atom. The third kappa shape index (κ3) is 1.91. The maximum absolute atomic E-state index is 4.22. The molecule has 0 radical (unpaired) electrons. The van der Waals surface area contributed by atoms with E-state index < -0.39 is 0 Å². The first-order valence-corrected chi connectivity index (χ1v) is 6.23. The van der Waals surface area contributed by atoms with Gasteiger partial charge in [-0.3, -0.25) is 4.99 Å². The molecule has 1 heteroatoms. The van der Waals surface area contributed by atoms with Gasteiger partial charge in [0, 0.05) is 0 Å². The lowest BCUT2D eigenvalue weighted by molar-refractivity contribution is 0.419. The van der Waals surface area contributed by atoms with Gasteiger partial charge < -0.3 is 0 Å². The van der Waals surface area contributed by atoms with E-state index in [1.54, 1.807) is 0 Å². The third-order valence-corrected chi connectivity index (χ3v) is 4.18. The lowest BCUT2D eigenvalue weighted by Crippen LogP contribution is -2.22. The van der Waals surface area contributed by atoms with E-state index in [1.165, 1.54) is 36.8 Å². The highest BCUT2D eigenvalue weighted by atomic mass is 14.8. The second-order valence-electron chi connectivity index (χ2n) is 5.08. The summed E-state index contributed by atoms with van der Waals surface area (Å²) in [5.74, 6) is 0. The monoisotopic (exact) mass is 215 g/mol. The molecule has 1 aliphatic rings. The molecular formula is C15H21N. The van der Waals surface area contributed by atoms with Crippen LogP contribution in [0.15, 0.2) is 29.3 Å². The minimum Gasteiger partial charge on any atom is -0.298 e. The number of hydrogen-bond acceptors (Lipinski definition) is 1. The average molecular weight is 215 g/mol. The van der Waals surface area contributed by atoms with E-state index in [0.717, 1.165) is 0 Å². The zero-order valence-electron chi connectivity index (χ0n) is 10.4. The van der Waals surface area contributed by atoms with Gasteiger partial charge in [-0.05, 0) is 50.3 Å². The molecule has 0 saturated heterocycles. The van der Waals surface area contributed by atoms with Crippen molar-refractivity contribution in [2.45, 2.75) is 51.0 Å². The summed E-state index contributed by atoms with van der Waals surface area (Å²) in [7, 11) is 0. The van der Waals surface area contributed by atoms with Crippen LogP contribution in [0.3, 0.4) is 0 Å². The highest BCUT2D eigenvalue weighted by Crippen LogP contribution is 2.44. The summed E-state index contributed by atoms with van der Waals surface area (Å²) in [4.78, 5) is 4.22. The molecular weight excluding hydrogens is 194 g/mol. The largest absolute Gasteiger partial charge is 0.298 e. The fraction of sp³-hybridized carbons (Fsp3) is 0.533. The molecule has 0 aromatic heterocycles. The Labute approximate surface area is 98.6 Å². The van der Waals surface area contributed by atoms with Crippen LogP contribution in [0.5, 0.6) is 0 Å². The zero-order valence-corrected chi connectivity index (χ0v) is 10.4. The second kappa shape index (κ2) is 4.40. The van der Waals surface area contributed by atoms with Gasteiger partial charge in [0.1, 0.15) is 0 Å². The van der Waals surface area contributed by atoms with Crippen molar-refractivity contribution >= 4 is 6.72 Å². The minimum absolute atomic E-state index is 0.361. The van der Waals surface area contributed by atoms with Crippen LogP contribution >= 0.6 is 0 Å². The maximum atomic E-state index is 4.22. The minimum atomic E-state index is 0.361. The predicted octanol–water partition coefficient (Wildman–Crippen LogP) is 3.90. The quantitative estimate of drug-likeness (QED) is 0.678. The average Bonchev–Trinajstić information content (AvgIpc) is 2.75. The van der Waals surface area contributed by atoms with E-state index >= 15 is 0 Å². The Morgan fingerprint density at radius 2 is 2.06 bits per heavy atom. The van der Waals surface area contributed by atoms with Crippen molar-refractivity contribution in [1.82, 2.24) is 0 Å². The highest BCUT2D eigenvalue weighted by molar-refractivity contribution is 5.31. The summed E-state index contributed by atoms with van der Waals surface area (Å²) < 4.78 is 0. The van der Waals surface area contributed by atoms with Crippen LogP contribution in [-0.2, 0) is 5.41 Å². The molecule has 2 atom stereocenters. The van der Waals surface area contributed by atoms with Gasteiger partial charge in [-0.2, -0.15) is 0 Å². The molecule has 16 heavy (non-hydrogen) atoms. The third-order valence-electron chi connectivity index (χ3n) is 4.18. The molecule has 0 spiro atoms. The van der Waals surface area contributed by atoms with Crippen molar-refractivity contribution in [1.29, 1.82) is 0 Å². The van der Waals surface area contributed by atoms with Crippen molar-refractivity contribution in [3.8, 4) is 0 Å². The van der Waals surface area contributed by atoms with Gasteiger partial charge in [0.25, 0.3) is 0 Å². The normalized spacial score (nSPS) is 29.2. The molecule has 0 N–H and O–H groups in total. The summed E-state index contributed by atoms with van der Waals surface area (Å²) in [6.07, 6.45) is 4.85. The fourth-order valence-electron chi connectivity index (χ4n) is 2.95. The number of rotatable bonds is 3. The van der Waals surface area contributed by atoms with Crippen molar-refractivity contribution < 1.29 is 0 Å². The highest BCUT2D eigenvalue weighted by Gasteiger charge is 2.38.